The van der Waals surface area contributed by atoms with Crippen molar-refractivity contribution >= 4 is 46.6 Å². The molecule has 0 aliphatic carbocycles. The second-order valence-electron chi connectivity index (χ2n) is 6.53. The third-order valence-corrected chi connectivity index (χ3v) is 5.05. The fraction of sp³-hybridized carbons (Fsp3) is 0.263. The van der Waals surface area contributed by atoms with E-state index in [2.05, 4.69) is 20.8 Å². The van der Waals surface area contributed by atoms with Crippen LogP contribution in [0, 0.1) is 5.92 Å². The number of nitrogens with one attached hydrogen (secondary N) is 3. The monoisotopic (exact) mass is 406 g/mol. The van der Waals surface area contributed by atoms with E-state index in [1.807, 2.05) is 18.2 Å². The number of amides is 1. The maximum atomic E-state index is 12.5. The third-order valence-electron chi connectivity index (χ3n) is 4.74. The molecule has 142 valence electrons. The first-order chi connectivity index (χ1) is 12.6. The first-order valence-corrected chi connectivity index (χ1v) is 8.98. The average molecular weight is 407 g/mol. The summed E-state index contributed by atoms with van der Waals surface area (Å²) in [5, 5.41) is 24.2. The van der Waals surface area contributed by atoms with E-state index in [1.165, 1.54) is 6.07 Å². The summed E-state index contributed by atoms with van der Waals surface area (Å²) in [6, 6.07) is 10.6. The van der Waals surface area contributed by atoms with Crippen molar-refractivity contribution in [3.05, 3.63) is 41.4 Å². The summed E-state index contributed by atoms with van der Waals surface area (Å²) in [6.45, 7) is 1.66. The number of benzene rings is 2. The lowest BCUT2D eigenvalue weighted by Crippen LogP contribution is -2.37. The minimum Gasteiger partial charge on any atom is -0.508 e. The molecule has 4 N–H and O–H groups in total. The van der Waals surface area contributed by atoms with Crippen molar-refractivity contribution in [3.63, 3.8) is 0 Å². The first kappa shape index (κ1) is 19.5. The van der Waals surface area contributed by atoms with Gasteiger partial charge in [0.2, 0.25) is 5.91 Å². The Morgan fingerprint density at radius 3 is 2.85 bits per heavy atom. The molecule has 0 saturated carbocycles. The normalized spacial score (nSPS) is 16.7. The summed E-state index contributed by atoms with van der Waals surface area (Å²) in [4.78, 5) is 12.5. The molecule has 0 bridgehead atoms. The van der Waals surface area contributed by atoms with E-state index in [0.29, 0.717) is 17.4 Å². The number of fused-ring (bicyclic) bond motifs is 1. The number of hydrogen-bond acceptors (Lipinski definition) is 4. The molecule has 1 atom stereocenters. The molecule has 1 saturated heterocycles. The molecule has 1 aromatic heterocycles. The van der Waals surface area contributed by atoms with Gasteiger partial charge in [0.25, 0.3) is 0 Å². The van der Waals surface area contributed by atoms with Crippen LogP contribution in [0.3, 0.4) is 0 Å². The minimum atomic E-state index is -0.0368. The zero-order chi connectivity index (χ0) is 18.1. The molecular weight excluding hydrogens is 387 g/mol. The Hall–Kier alpha value is -2.28. The van der Waals surface area contributed by atoms with E-state index >= 15 is 0 Å². The molecule has 1 aliphatic heterocycles. The van der Waals surface area contributed by atoms with Crippen LogP contribution in [0.1, 0.15) is 12.8 Å². The zero-order valence-corrected chi connectivity index (χ0v) is 16.0. The van der Waals surface area contributed by atoms with Crippen molar-refractivity contribution in [3.8, 4) is 16.9 Å². The number of hydrogen-bond donors (Lipinski definition) is 4. The number of halogens is 2. The summed E-state index contributed by atoms with van der Waals surface area (Å²) < 4.78 is 0. The van der Waals surface area contributed by atoms with Crippen molar-refractivity contribution in [1.29, 1.82) is 0 Å². The van der Waals surface area contributed by atoms with Gasteiger partial charge in [-0.15, -0.1) is 12.4 Å². The number of phenols is 1. The van der Waals surface area contributed by atoms with Crippen molar-refractivity contribution < 1.29 is 9.90 Å². The highest BCUT2D eigenvalue weighted by molar-refractivity contribution is 6.33. The molecule has 1 aliphatic rings. The van der Waals surface area contributed by atoms with Gasteiger partial charge in [-0.1, -0.05) is 17.7 Å². The Kier molecular flexibility index (Phi) is 5.89. The summed E-state index contributed by atoms with van der Waals surface area (Å²) in [7, 11) is 0. The largest absolute Gasteiger partial charge is 0.508 e. The van der Waals surface area contributed by atoms with Gasteiger partial charge in [-0.3, -0.25) is 9.89 Å². The Morgan fingerprint density at radius 2 is 2.11 bits per heavy atom. The number of aromatic nitrogens is 2. The van der Waals surface area contributed by atoms with Crippen LogP contribution in [-0.4, -0.2) is 34.3 Å². The van der Waals surface area contributed by atoms with Gasteiger partial charge in [-0.05, 0) is 55.3 Å². The van der Waals surface area contributed by atoms with E-state index in [-0.39, 0.29) is 30.0 Å². The van der Waals surface area contributed by atoms with E-state index < -0.39 is 0 Å². The van der Waals surface area contributed by atoms with Crippen LogP contribution in [0.4, 0.5) is 5.82 Å². The number of carbonyl (C=O) groups is 1. The maximum absolute atomic E-state index is 12.5. The highest BCUT2D eigenvalue weighted by Crippen LogP contribution is 2.33. The molecule has 1 fully saturated rings. The molecule has 0 unspecified atom stereocenters. The molecule has 1 amide bonds. The number of carbonyl (C=O) groups excluding carboxylic acids is 1. The molecule has 2 aromatic carbocycles. The molecule has 8 heteroatoms. The Morgan fingerprint density at radius 1 is 1.26 bits per heavy atom. The molecule has 3 aromatic rings. The van der Waals surface area contributed by atoms with Gasteiger partial charge in [0.1, 0.15) is 5.75 Å². The van der Waals surface area contributed by atoms with Gasteiger partial charge in [0.05, 0.1) is 16.5 Å². The number of rotatable bonds is 3. The summed E-state index contributed by atoms with van der Waals surface area (Å²) in [5.41, 5.74) is 2.53. The van der Waals surface area contributed by atoms with Gasteiger partial charge in [-0.25, -0.2) is 0 Å². The molecule has 27 heavy (non-hydrogen) atoms. The summed E-state index contributed by atoms with van der Waals surface area (Å²) in [5.74, 6) is 0.591. The van der Waals surface area contributed by atoms with Crippen molar-refractivity contribution in [2.24, 2.45) is 5.92 Å². The topological polar surface area (TPSA) is 90.0 Å². The van der Waals surface area contributed by atoms with E-state index in [4.69, 9.17) is 11.6 Å². The van der Waals surface area contributed by atoms with E-state index in [1.54, 1.807) is 12.1 Å². The van der Waals surface area contributed by atoms with Crippen LogP contribution in [0.5, 0.6) is 5.75 Å². The molecule has 4 rings (SSSR count). The lowest BCUT2D eigenvalue weighted by atomic mass is 9.99. The van der Waals surface area contributed by atoms with Gasteiger partial charge in [0.15, 0.2) is 5.82 Å². The highest BCUT2D eigenvalue weighted by atomic mass is 35.5. The molecule has 0 radical (unpaired) electrons. The van der Waals surface area contributed by atoms with Crippen LogP contribution >= 0.6 is 24.0 Å². The number of piperidine rings is 1. The number of nitrogens with zero attached hydrogens (tertiary/aromatic N) is 1. The van der Waals surface area contributed by atoms with Crippen molar-refractivity contribution in [1.82, 2.24) is 15.5 Å². The number of aromatic hydroxyl groups is 1. The summed E-state index contributed by atoms with van der Waals surface area (Å²) >= 11 is 6.25. The lowest BCUT2D eigenvalue weighted by molar-refractivity contribution is -0.120. The molecule has 0 spiro atoms. The van der Waals surface area contributed by atoms with Crippen LogP contribution in [-0.2, 0) is 4.79 Å². The SMILES string of the molecule is Cl.O=C(Nc1n[nH]c2ccc(-c3ccc(O)cc3Cl)cc12)[C@@H]1CCCNC1. The van der Waals surface area contributed by atoms with Gasteiger partial charge in [0, 0.05) is 17.5 Å². The number of H-pyrrole nitrogens is 1. The van der Waals surface area contributed by atoms with E-state index in [9.17, 15) is 9.90 Å². The zero-order valence-electron chi connectivity index (χ0n) is 14.5. The first-order valence-electron chi connectivity index (χ1n) is 8.60. The predicted octanol–water partition coefficient (Wildman–Crippen LogP) is 3.95. The van der Waals surface area contributed by atoms with Crippen LogP contribution in [0.25, 0.3) is 22.0 Å². The molecular formula is C19H20Cl2N4O2. The standard InChI is InChI=1S/C19H19ClN4O2.ClH/c20-16-9-13(25)4-5-14(16)11-3-6-17-15(8-11)18(24-23-17)22-19(26)12-2-1-7-21-10-12;/h3-6,8-9,12,21,25H,1-2,7,10H2,(H2,22,23,24,26);1H/t12-;/m1./s1. The third kappa shape index (κ3) is 4.03. The minimum absolute atomic E-state index is 0. The smallest absolute Gasteiger partial charge is 0.229 e. The lowest BCUT2D eigenvalue weighted by Gasteiger charge is -2.21. The second-order valence-corrected chi connectivity index (χ2v) is 6.94. The van der Waals surface area contributed by atoms with Crippen LogP contribution in [0.2, 0.25) is 5.02 Å². The fourth-order valence-electron chi connectivity index (χ4n) is 3.31. The fourth-order valence-corrected chi connectivity index (χ4v) is 3.59. The van der Waals surface area contributed by atoms with Crippen molar-refractivity contribution in [2.75, 3.05) is 18.4 Å². The van der Waals surface area contributed by atoms with Gasteiger partial charge >= 0.3 is 0 Å². The number of anilines is 1. The maximum Gasteiger partial charge on any atom is 0.229 e. The Labute approximate surface area is 167 Å². The summed E-state index contributed by atoms with van der Waals surface area (Å²) in [6.07, 6.45) is 1.89. The highest BCUT2D eigenvalue weighted by Gasteiger charge is 2.22. The van der Waals surface area contributed by atoms with E-state index in [0.717, 1.165) is 41.4 Å². The number of aromatic amines is 1. The predicted molar refractivity (Wildman–Crippen MR) is 110 cm³/mol. The number of phenolic OH excluding ortho intramolecular Hbond substituents is 1. The molecule has 2 heterocycles. The quantitative estimate of drug-likeness (QED) is 0.529. The van der Waals surface area contributed by atoms with Gasteiger partial charge in [-0.2, -0.15) is 5.10 Å². The Bertz CT molecular complexity index is 967. The molecule has 6 nitrogen and oxygen atoms in total. The van der Waals surface area contributed by atoms with Crippen LogP contribution in [0.15, 0.2) is 36.4 Å². The Balaban J connectivity index is 0.00000210. The van der Waals surface area contributed by atoms with Crippen LogP contribution < -0.4 is 10.6 Å². The average Bonchev–Trinajstić information content (AvgIpc) is 3.04. The van der Waals surface area contributed by atoms with Crippen molar-refractivity contribution in [2.45, 2.75) is 12.8 Å². The van der Waals surface area contributed by atoms with Gasteiger partial charge < -0.3 is 15.7 Å². The second kappa shape index (κ2) is 8.17.